The van der Waals surface area contributed by atoms with Crippen LogP contribution in [0.2, 0.25) is 0 Å². The molecule has 7 heteroatoms. The maximum Gasteiger partial charge on any atom is 0.201 e. The predicted molar refractivity (Wildman–Crippen MR) is 81.6 cm³/mol. The Bertz CT molecular complexity index is 935. The van der Waals surface area contributed by atoms with Gasteiger partial charge < -0.3 is 15.5 Å². The molecule has 2 aromatic heterocycles. The summed E-state index contributed by atoms with van der Waals surface area (Å²) in [6.45, 7) is 1.74. The minimum atomic E-state index is -1.07. The number of H-pyrrole nitrogens is 1. The molecule has 118 valence electrons. The van der Waals surface area contributed by atoms with Gasteiger partial charge in [-0.05, 0) is 19.1 Å². The van der Waals surface area contributed by atoms with E-state index in [1.807, 2.05) is 0 Å². The van der Waals surface area contributed by atoms with E-state index in [9.17, 15) is 13.6 Å². The predicted octanol–water partition coefficient (Wildman–Crippen LogP) is 2.97. The Morgan fingerprint density at radius 1 is 1.35 bits per heavy atom. The topological polar surface area (TPSA) is 81.0 Å². The number of carbonyl (C=O) groups is 1. The van der Waals surface area contributed by atoms with Gasteiger partial charge in [-0.1, -0.05) is 0 Å². The number of nitrogen functional groups attached to an aromatic ring is 1. The number of hydrogen-bond donors (Lipinski definition) is 2. The van der Waals surface area contributed by atoms with E-state index in [-0.39, 0.29) is 11.3 Å². The first-order chi connectivity index (χ1) is 11.0. The Hall–Kier alpha value is -2.96. The summed E-state index contributed by atoms with van der Waals surface area (Å²) in [5.74, 6) is -2.38. The number of fused-ring (bicyclic) bond motifs is 1. The lowest BCUT2D eigenvalue weighted by Gasteiger charge is -2.08. The molecular weight excluding hydrogens is 304 g/mol. The molecule has 0 atom stereocenters. The number of rotatable bonds is 3. The molecule has 0 radical (unpaired) electrons. The molecule has 3 N–H and O–H groups in total. The molecule has 1 aromatic carbocycles. The quantitative estimate of drug-likeness (QED) is 0.575. The van der Waals surface area contributed by atoms with Crippen LogP contribution in [0.5, 0.6) is 5.75 Å². The van der Waals surface area contributed by atoms with E-state index in [1.165, 1.54) is 19.5 Å². The van der Waals surface area contributed by atoms with Gasteiger partial charge in [0.05, 0.1) is 30.1 Å². The number of nitrogens with two attached hydrogens (primary N) is 1. The molecular formula is C16H13F2N3O2. The number of hydrogen-bond acceptors (Lipinski definition) is 4. The van der Waals surface area contributed by atoms with Gasteiger partial charge in [0.15, 0.2) is 5.82 Å². The molecule has 2 heterocycles. The average molecular weight is 317 g/mol. The third-order valence-corrected chi connectivity index (χ3v) is 3.73. The summed E-state index contributed by atoms with van der Waals surface area (Å²) < 4.78 is 33.2. The largest absolute Gasteiger partial charge is 0.495 e. The highest BCUT2D eigenvalue weighted by Gasteiger charge is 2.25. The highest BCUT2D eigenvalue weighted by molar-refractivity contribution is 6.17. The van der Waals surface area contributed by atoms with Crippen molar-refractivity contribution in [1.82, 2.24) is 9.97 Å². The number of aryl methyl sites for hydroxylation is 1. The van der Waals surface area contributed by atoms with E-state index in [2.05, 4.69) is 9.97 Å². The zero-order valence-corrected chi connectivity index (χ0v) is 12.4. The smallest absolute Gasteiger partial charge is 0.201 e. The number of halogens is 2. The Kier molecular flexibility index (Phi) is 3.48. The molecule has 0 fully saturated rings. The van der Waals surface area contributed by atoms with Gasteiger partial charge in [-0.25, -0.2) is 13.8 Å². The van der Waals surface area contributed by atoms with E-state index in [1.54, 1.807) is 6.92 Å². The van der Waals surface area contributed by atoms with Gasteiger partial charge in [-0.15, -0.1) is 0 Å². The molecule has 0 aliphatic rings. The van der Waals surface area contributed by atoms with Crippen LogP contribution in [0.4, 0.5) is 14.5 Å². The Morgan fingerprint density at radius 2 is 2.09 bits per heavy atom. The number of carbonyl (C=O) groups excluding carboxylic acids is 1. The van der Waals surface area contributed by atoms with Crippen LogP contribution < -0.4 is 10.5 Å². The van der Waals surface area contributed by atoms with Crippen molar-refractivity contribution >= 4 is 22.5 Å². The van der Waals surface area contributed by atoms with Crippen molar-refractivity contribution in [2.75, 3.05) is 12.8 Å². The van der Waals surface area contributed by atoms with Crippen molar-refractivity contribution in [2.45, 2.75) is 6.92 Å². The van der Waals surface area contributed by atoms with Crippen LogP contribution in [0.3, 0.4) is 0 Å². The van der Waals surface area contributed by atoms with Crippen LogP contribution >= 0.6 is 0 Å². The van der Waals surface area contributed by atoms with Gasteiger partial charge in [0.1, 0.15) is 17.2 Å². The highest BCUT2D eigenvalue weighted by atomic mass is 19.1. The fourth-order valence-corrected chi connectivity index (χ4v) is 2.53. The van der Waals surface area contributed by atoms with E-state index < -0.39 is 23.0 Å². The number of methoxy groups -OCH3 is 1. The summed E-state index contributed by atoms with van der Waals surface area (Å²) in [7, 11) is 1.47. The fraction of sp³-hybridized carbons (Fsp3) is 0.125. The number of anilines is 1. The number of nitrogens with zero attached hydrogens (tertiary/aromatic N) is 1. The highest BCUT2D eigenvalue weighted by Crippen LogP contribution is 2.30. The first kappa shape index (κ1) is 15.0. The van der Waals surface area contributed by atoms with Gasteiger partial charge in [-0.2, -0.15) is 0 Å². The first-order valence-electron chi connectivity index (χ1n) is 6.74. The molecule has 0 amide bonds. The van der Waals surface area contributed by atoms with Crippen molar-refractivity contribution in [3.05, 3.63) is 52.9 Å². The van der Waals surface area contributed by atoms with Crippen molar-refractivity contribution in [3.8, 4) is 5.75 Å². The molecule has 23 heavy (non-hydrogen) atoms. The summed E-state index contributed by atoms with van der Waals surface area (Å²) >= 11 is 0. The van der Waals surface area contributed by atoms with Crippen molar-refractivity contribution in [1.29, 1.82) is 0 Å². The van der Waals surface area contributed by atoms with Crippen molar-refractivity contribution < 1.29 is 18.3 Å². The molecule has 5 nitrogen and oxygen atoms in total. The Morgan fingerprint density at radius 3 is 2.78 bits per heavy atom. The van der Waals surface area contributed by atoms with Crippen LogP contribution in [0, 0.1) is 18.6 Å². The van der Waals surface area contributed by atoms with Crippen molar-refractivity contribution in [2.24, 2.45) is 0 Å². The van der Waals surface area contributed by atoms with Crippen LogP contribution in [-0.2, 0) is 0 Å². The minimum Gasteiger partial charge on any atom is -0.495 e. The average Bonchev–Trinajstić information content (AvgIpc) is 2.96. The monoisotopic (exact) mass is 317 g/mol. The summed E-state index contributed by atoms with van der Waals surface area (Å²) in [4.78, 5) is 19.6. The zero-order valence-electron chi connectivity index (χ0n) is 12.4. The van der Waals surface area contributed by atoms with Crippen LogP contribution in [-0.4, -0.2) is 22.9 Å². The standard InChI is InChI=1S/C16H13F2N3O2/c1-7-11(23-2)6-21-16-12(7)8(5-20-16)15(22)13-9(17)3-4-10(19)14(13)18/h3-6H,19H2,1-2H3,(H,20,21). The maximum atomic E-state index is 14.1. The number of benzene rings is 1. The van der Waals surface area contributed by atoms with E-state index in [0.717, 1.165) is 12.1 Å². The second-order valence-corrected chi connectivity index (χ2v) is 5.03. The van der Waals surface area contributed by atoms with E-state index in [0.29, 0.717) is 22.3 Å². The summed E-state index contributed by atoms with van der Waals surface area (Å²) in [5, 5.41) is 0.454. The second-order valence-electron chi connectivity index (χ2n) is 5.03. The van der Waals surface area contributed by atoms with E-state index >= 15 is 0 Å². The molecule has 0 unspecified atom stereocenters. The molecule has 0 bridgehead atoms. The zero-order chi connectivity index (χ0) is 16.7. The lowest BCUT2D eigenvalue weighted by atomic mass is 9.99. The fourth-order valence-electron chi connectivity index (χ4n) is 2.53. The van der Waals surface area contributed by atoms with Gasteiger partial charge in [0, 0.05) is 17.1 Å². The molecule has 0 aliphatic heterocycles. The number of nitrogens with one attached hydrogen (secondary N) is 1. The summed E-state index contributed by atoms with van der Waals surface area (Å²) in [6.07, 6.45) is 2.87. The maximum absolute atomic E-state index is 14.1. The van der Waals surface area contributed by atoms with Crippen LogP contribution in [0.15, 0.2) is 24.5 Å². The summed E-state index contributed by atoms with van der Waals surface area (Å²) in [6, 6.07) is 2.04. The molecule has 0 saturated carbocycles. The third-order valence-electron chi connectivity index (χ3n) is 3.73. The lowest BCUT2D eigenvalue weighted by Crippen LogP contribution is -2.09. The molecule has 3 rings (SSSR count). The summed E-state index contributed by atoms with van der Waals surface area (Å²) in [5.41, 5.74) is 5.63. The number of ether oxygens (including phenoxy) is 1. The Balaban J connectivity index is 2.26. The normalized spacial score (nSPS) is 11.0. The minimum absolute atomic E-state index is 0.104. The SMILES string of the molecule is COc1cnc2[nH]cc(C(=O)c3c(F)ccc(N)c3F)c2c1C. The molecule has 3 aromatic rings. The van der Waals surface area contributed by atoms with Gasteiger partial charge >= 0.3 is 0 Å². The third kappa shape index (κ3) is 2.21. The molecule has 0 spiro atoms. The number of aromatic amines is 1. The van der Waals surface area contributed by atoms with E-state index in [4.69, 9.17) is 10.5 Å². The lowest BCUT2D eigenvalue weighted by molar-refractivity contribution is 0.103. The van der Waals surface area contributed by atoms with Crippen molar-refractivity contribution in [3.63, 3.8) is 0 Å². The number of ketones is 1. The van der Waals surface area contributed by atoms with Crippen LogP contribution in [0.1, 0.15) is 21.5 Å². The molecule has 0 saturated heterocycles. The second kappa shape index (κ2) is 5.35. The van der Waals surface area contributed by atoms with Gasteiger partial charge in [0.25, 0.3) is 0 Å². The first-order valence-corrected chi connectivity index (χ1v) is 6.74. The number of aromatic nitrogens is 2. The number of pyridine rings is 1. The molecule has 0 aliphatic carbocycles. The Labute approximate surface area is 130 Å². The van der Waals surface area contributed by atoms with Gasteiger partial charge in [0.2, 0.25) is 5.78 Å². The van der Waals surface area contributed by atoms with Gasteiger partial charge in [-0.3, -0.25) is 4.79 Å². The van der Waals surface area contributed by atoms with Crippen LogP contribution in [0.25, 0.3) is 11.0 Å².